The third-order valence-corrected chi connectivity index (χ3v) is 5.61. The second-order valence-corrected chi connectivity index (χ2v) is 8.82. The van der Waals surface area contributed by atoms with E-state index in [0.29, 0.717) is 6.42 Å². The van der Waals surface area contributed by atoms with Crippen LogP contribution in [0.15, 0.2) is 48.8 Å². The fourth-order valence-electron chi connectivity index (χ4n) is 3.55. The van der Waals surface area contributed by atoms with Gasteiger partial charge in [0.05, 0.1) is 6.26 Å². The lowest BCUT2D eigenvalue weighted by atomic mass is 10.1. The van der Waals surface area contributed by atoms with E-state index in [1.807, 2.05) is 12.2 Å². The molecule has 2 nitrogen and oxygen atoms in total. The van der Waals surface area contributed by atoms with Gasteiger partial charge in [0.15, 0.2) is 0 Å². The van der Waals surface area contributed by atoms with Crippen LogP contribution in [0.1, 0.15) is 136 Å². The molecule has 2 heteroatoms. The molecule has 0 spiro atoms. The Morgan fingerprint density at radius 3 is 1.62 bits per heavy atom. The third kappa shape index (κ3) is 26.5. The van der Waals surface area contributed by atoms with Gasteiger partial charge in [0, 0.05) is 6.42 Å². The molecule has 0 saturated heterocycles. The molecule has 0 rings (SSSR count). The van der Waals surface area contributed by atoms with Crippen molar-refractivity contribution in [2.24, 2.45) is 0 Å². The van der Waals surface area contributed by atoms with Crippen LogP contribution in [0.5, 0.6) is 0 Å². The lowest BCUT2D eigenvalue weighted by Gasteiger charge is -2.00. The van der Waals surface area contributed by atoms with Gasteiger partial charge in [-0.3, -0.25) is 4.79 Å². The van der Waals surface area contributed by atoms with Gasteiger partial charge in [-0.2, -0.15) is 0 Å². The summed E-state index contributed by atoms with van der Waals surface area (Å²) < 4.78 is 5.13. The van der Waals surface area contributed by atoms with Crippen molar-refractivity contribution in [1.82, 2.24) is 0 Å². The summed E-state index contributed by atoms with van der Waals surface area (Å²) in [6.07, 6.45) is 39.4. The molecule has 0 bridgehead atoms. The average Bonchev–Trinajstić information content (AvgIpc) is 2.80. The molecule has 32 heavy (non-hydrogen) atoms. The van der Waals surface area contributed by atoms with Crippen LogP contribution in [0.4, 0.5) is 0 Å². The summed E-state index contributed by atoms with van der Waals surface area (Å²) in [5.41, 5.74) is 0. The van der Waals surface area contributed by atoms with Crippen molar-refractivity contribution in [1.29, 1.82) is 0 Å². The minimum absolute atomic E-state index is 0.126. The lowest BCUT2D eigenvalue weighted by molar-refractivity contribution is -0.138. The first kappa shape index (κ1) is 30.4. The van der Waals surface area contributed by atoms with Crippen molar-refractivity contribution in [3.05, 3.63) is 48.8 Å². The van der Waals surface area contributed by atoms with Crippen molar-refractivity contribution >= 4 is 5.97 Å². The smallest absolute Gasteiger partial charge is 0.310 e. The van der Waals surface area contributed by atoms with E-state index >= 15 is 0 Å². The Labute approximate surface area is 200 Å². The number of allylic oxidation sites excluding steroid dienone is 7. The van der Waals surface area contributed by atoms with E-state index in [1.165, 1.54) is 103 Å². The Kier molecular flexibility index (Phi) is 26.1. The first-order valence-corrected chi connectivity index (χ1v) is 13.6. The number of hydrogen-bond donors (Lipinski definition) is 0. The normalized spacial score (nSPS) is 12.2. The number of hydrogen-bond acceptors (Lipinski definition) is 2. The van der Waals surface area contributed by atoms with Crippen LogP contribution in [0.2, 0.25) is 0 Å². The zero-order valence-electron chi connectivity index (χ0n) is 21.4. The van der Waals surface area contributed by atoms with Crippen LogP contribution in [-0.4, -0.2) is 5.97 Å². The Morgan fingerprint density at radius 1 is 0.531 bits per heavy atom. The highest BCUT2D eigenvalue weighted by molar-refractivity contribution is 5.69. The van der Waals surface area contributed by atoms with E-state index < -0.39 is 0 Å². The average molecular weight is 445 g/mol. The quantitative estimate of drug-likeness (QED) is 0.0515. The highest BCUT2D eigenvalue weighted by Gasteiger charge is 2.00. The van der Waals surface area contributed by atoms with Crippen LogP contribution < -0.4 is 0 Å². The lowest BCUT2D eigenvalue weighted by Crippen LogP contribution is -1.98. The summed E-state index contributed by atoms with van der Waals surface area (Å²) in [7, 11) is 0. The molecule has 0 aliphatic carbocycles. The molecule has 0 N–H and O–H groups in total. The summed E-state index contributed by atoms with van der Waals surface area (Å²) >= 11 is 0. The molecular weight excluding hydrogens is 392 g/mol. The number of carbonyl (C=O) groups excluding carboxylic acids is 1. The molecule has 0 fully saturated rings. The van der Waals surface area contributed by atoms with Crippen LogP contribution >= 0.6 is 0 Å². The molecule has 0 aliphatic rings. The molecule has 0 aromatic rings. The predicted molar refractivity (Wildman–Crippen MR) is 142 cm³/mol. The molecule has 184 valence electrons. The van der Waals surface area contributed by atoms with E-state index in [1.54, 1.807) is 6.08 Å². The summed E-state index contributed by atoms with van der Waals surface area (Å²) in [6.45, 7) is 4.50. The number of ether oxygens (including phenoxy) is 1. The van der Waals surface area contributed by atoms with E-state index in [4.69, 9.17) is 4.74 Å². The number of esters is 1. The number of rotatable bonds is 23. The molecule has 0 radical (unpaired) electrons. The van der Waals surface area contributed by atoms with Gasteiger partial charge in [-0.05, 0) is 51.0 Å². The summed E-state index contributed by atoms with van der Waals surface area (Å²) in [4.78, 5) is 11.7. The first-order chi connectivity index (χ1) is 15.8. The highest BCUT2D eigenvalue weighted by atomic mass is 16.5. The van der Waals surface area contributed by atoms with Gasteiger partial charge in [0.1, 0.15) is 0 Å². The Morgan fingerprint density at radius 2 is 1.00 bits per heavy atom. The van der Waals surface area contributed by atoms with E-state index in [2.05, 4.69) is 38.2 Å². The fourth-order valence-corrected chi connectivity index (χ4v) is 3.55. The topological polar surface area (TPSA) is 26.3 Å². The van der Waals surface area contributed by atoms with Gasteiger partial charge in [-0.15, -0.1) is 0 Å². The van der Waals surface area contributed by atoms with E-state index in [9.17, 15) is 4.79 Å². The second kappa shape index (κ2) is 27.5. The van der Waals surface area contributed by atoms with E-state index in [0.717, 1.165) is 19.3 Å². The molecule has 0 amide bonds. The maximum absolute atomic E-state index is 11.7. The molecule has 0 aromatic heterocycles. The Balaban J connectivity index is 3.40. The molecule has 0 atom stereocenters. The van der Waals surface area contributed by atoms with Crippen molar-refractivity contribution in [2.75, 3.05) is 0 Å². The summed E-state index contributed by atoms with van der Waals surface area (Å²) in [6, 6.07) is 0. The summed E-state index contributed by atoms with van der Waals surface area (Å²) in [5.74, 6) is -0.126. The monoisotopic (exact) mass is 444 g/mol. The fraction of sp³-hybridized carbons (Fsp3) is 0.700. The van der Waals surface area contributed by atoms with Crippen LogP contribution in [-0.2, 0) is 9.53 Å². The molecule has 0 saturated carbocycles. The Hall–Kier alpha value is -1.57. The van der Waals surface area contributed by atoms with Crippen LogP contribution in [0.3, 0.4) is 0 Å². The van der Waals surface area contributed by atoms with Gasteiger partial charge < -0.3 is 4.74 Å². The van der Waals surface area contributed by atoms with Crippen molar-refractivity contribution in [3.63, 3.8) is 0 Å². The molecule has 0 unspecified atom stereocenters. The van der Waals surface area contributed by atoms with Gasteiger partial charge in [-0.1, -0.05) is 121 Å². The predicted octanol–water partition coefficient (Wildman–Crippen LogP) is 10.2. The highest BCUT2D eigenvalue weighted by Crippen LogP contribution is 2.10. The van der Waals surface area contributed by atoms with Crippen LogP contribution in [0, 0.1) is 0 Å². The standard InChI is InChI=1S/C30H52O2/c1-3-5-7-9-11-13-15-16-17-18-19-20-22-24-26-28-30(31)32-29-27-25-23-21-14-12-10-8-6-4-2/h14,16-17,21,23,25,27,29H,3-13,15,18-20,22,24,26,28H2,1-2H3. The minimum Gasteiger partial charge on any atom is -0.434 e. The second-order valence-electron chi connectivity index (χ2n) is 8.82. The molecular formula is C30H52O2. The Bertz CT molecular complexity index is 499. The zero-order chi connectivity index (χ0) is 23.4. The number of unbranched alkanes of at least 4 members (excludes halogenated alkanes) is 15. The van der Waals surface area contributed by atoms with Crippen LogP contribution in [0.25, 0.3) is 0 Å². The largest absolute Gasteiger partial charge is 0.434 e. The van der Waals surface area contributed by atoms with Gasteiger partial charge in [0.2, 0.25) is 0 Å². The number of carbonyl (C=O) groups is 1. The van der Waals surface area contributed by atoms with E-state index in [-0.39, 0.29) is 5.97 Å². The van der Waals surface area contributed by atoms with Gasteiger partial charge in [0.25, 0.3) is 0 Å². The first-order valence-electron chi connectivity index (χ1n) is 13.6. The maximum Gasteiger partial charge on any atom is 0.310 e. The van der Waals surface area contributed by atoms with Crippen molar-refractivity contribution < 1.29 is 9.53 Å². The molecule has 0 heterocycles. The van der Waals surface area contributed by atoms with Gasteiger partial charge in [-0.25, -0.2) is 0 Å². The molecule has 0 aromatic carbocycles. The SMILES string of the molecule is CCCCCCC=CC=CC=COC(=O)CCCCCCCC=CCCCCCCCC. The zero-order valence-corrected chi connectivity index (χ0v) is 21.4. The van der Waals surface area contributed by atoms with Crippen molar-refractivity contribution in [2.45, 2.75) is 136 Å². The molecule has 0 aliphatic heterocycles. The van der Waals surface area contributed by atoms with Gasteiger partial charge >= 0.3 is 5.97 Å². The summed E-state index contributed by atoms with van der Waals surface area (Å²) in [5, 5.41) is 0. The van der Waals surface area contributed by atoms with Crippen molar-refractivity contribution in [3.8, 4) is 0 Å². The third-order valence-electron chi connectivity index (χ3n) is 5.61. The maximum atomic E-state index is 11.7. The minimum atomic E-state index is -0.126.